The Bertz CT molecular complexity index is 350. The van der Waals surface area contributed by atoms with Crippen molar-refractivity contribution in [1.29, 1.82) is 0 Å². The molecule has 0 aliphatic carbocycles. The minimum atomic E-state index is -0.795. The SMILES string of the molecule is O=[S@@](Cc1cnc(Cl)s1)[C@H]1CCCNC1. The first-order valence-corrected chi connectivity index (χ1v) is 7.51. The van der Waals surface area contributed by atoms with Gasteiger partial charge in [0, 0.05) is 33.7 Å². The van der Waals surface area contributed by atoms with Crippen LogP contribution in [0.3, 0.4) is 0 Å². The molecule has 1 N–H and O–H groups in total. The fraction of sp³-hybridized carbons (Fsp3) is 0.667. The Labute approximate surface area is 101 Å². The quantitative estimate of drug-likeness (QED) is 0.905. The summed E-state index contributed by atoms with van der Waals surface area (Å²) in [6, 6.07) is 0. The smallest absolute Gasteiger partial charge is 0.183 e. The van der Waals surface area contributed by atoms with Crippen molar-refractivity contribution in [2.24, 2.45) is 0 Å². The molecule has 15 heavy (non-hydrogen) atoms. The van der Waals surface area contributed by atoms with E-state index in [9.17, 15) is 4.21 Å². The van der Waals surface area contributed by atoms with Gasteiger partial charge in [-0.15, -0.1) is 11.3 Å². The molecule has 1 aliphatic heterocycles. The number of aromatic nitrogens is 1. The predicted octanol–water partition coefficient (Wildman–Crippen LogP) is 1.80. The molecule has 0 spiro atoms. The third kappa shape index (κ3) is 3.24. The fourth-order valence-electron chi connectivity index (χ4n) is 1.65. The van der Waals surface area contributed by atoms with Crippen LogP contribution in [0.4, 0.5) is 0 Å². The molecule has 1 aliphatic rings. The van der Waals surface area contributed by atoms with Gasteiger partial charge in [-0.25, -0.2) is 4.98 Å². The molecule has 2 heterocycles. The average Bonchev–Trinajstić information content (AvgIpc) is 2.65. The zero-order valence-corrected chi connectivity index (χ0v) is 10.6. The van der Waals surface area contributed by atoms with E-state index in [4.69, 9.17) is 11.6 Å². The van der Waals surface area contributed by atoms with Gasteiger partial charge in [0.05, 0.1) is 5.75 Å². The lowest BCUT2D eigenvalue weighted by molar-refractivity contribution is 0.519. The van der Waals surface area contributed by atoms with Crippen molar-refractivity contribution in [1.82, 2.24) is 10.3 Å². The minimum Gasteiger partial charge on any atom is -0.316 e. The van der Waals surface area contributed by atoms with Crippen molar-refractivity contribution in [3.05, 3.63) is 15.5 Å². The molecule has 0 aromatic carbocycles. The summed E-state index contributed by atoms with van der Waals surface area (Å²) in [7, 11) is -0.795. The first-order chi connectivity index (χ1) is 7.25. The lowest BCUT2D eigenvalue weighted by Gasteiger charge is -2.21. The predicted molar refractivity (Wildman–Crippen MR) is 64.9 cm³/mol. The van der Waals surface area contributed by atoms with E-state index in [1.54, 1.807) is 6.20 Å². The largest absolute Gasteiger partial charge is 0.316 e. The van der Waals surface area contributed by atoms with Gasteiger partial charge in [0.2, 0.25) is 0 Å². The van der Waals surface area contributed by atoms with E-state index in [-0.39, 0.29) is 0 Å². The molecule has 6 heteroatoms. The topological polar surface area (TPSA) is 42.0 Å². The fourth-order valence-corrected chi connectivity index (χ4v) is 4.33. The summed E-state index contributed by atoms with van der Waals surface area (Å²) in [6.07, 6.45) is 3.91. The number of hydrogen-bond donors (Lipinski definition) is 1. The van der Waals surface area contributed by atoms with Crippen LogP contribution >= 0.6 is 22.9 Å². The van der Waals surface area contributed by atoms with Gasteiger partial charge in [0.25, 0.3) is 0 Å². The molecule has 2 atom stereocenters. The van der Waals surface area contributed by atoms with Crippen molar-refractivity contribution in [2.75, 3.05) is 13.1 Å². The highest BCUT2D eigenvalue weighted by Gasteiger charge is 2.20. The summed E-state index contributed by atoms with van der Waals surface area (Å²) < 4.78 is 12.5. The standard InChI is InChI=1S/C9H13ClN2OS2/c10-9-12-4-7(14-9)6-15(13)8-2-1-3-11-5-8/h4,8,11H,1-3,5-6H2/t8-,15-/m0/s1. The minimum absolute atomic E-state index is 0.291. The zero-order chi connectivity index (χ0) is 10.7. The highest BCUT2D eigenvalue weighted by molar-refractivity contribution is 7.85. The molecule has 1 aromatic rings. The molecular weight excluding hydrogens is 252 g/mol. The Balaban J connectivity index is 1.91. The van der Waals surface area contributed by atoms with Crippen LogP contribution in [-0.2, 0) is 16.6 Å². The van der Waals surface area contributed by atoms with Crippen molar-refractivity contribution < 1.29 is 4.21 Å². The number of thiazole rings is 1. The summed E-state index contributed by atoms with van der Waals surface area (Å²) in [6.45, 7) is 1.93. The molecule has 1 aromatic heterocycles. The van der Waals surface area contributed by atoms with Crippen LogP contribution in [0.25, 0.3) is 0 Å². The highest BCUT2D eigenvalue weighted by Crippen LogP contribution is 2.21. The van der Waals surface area contributed by atoms with Crippen LogP contribution in [0.15, 0.2) is 6.20 Å². The van der Waals surface area contributed by atoms with Crippen molar-refractivity contribution in [3.8, 4) is 0 Å². The number of nitrogens with one attached hydrogen (secondary N) is 1. The molecule has 2 rings (SSSR count). The van der Waals surface area contributed by atoms with E-state index in [0.29, 0.717) is 15.5 Å². The lowest BCUT2D eigenvalue weighted by Crippen LogP contribution is -2.36. The molecule has 0 bridgehead atoms. The number of hydrogen-bond acceptors (Lipinski definition) is 4. The van der Waals surface area contributed by atoms with Gasteiger partial charge in [-0.05, 0) is 19.4 Å². The summed E-state index contributed by atoms with van der Waals surface area (Å²) in [5.74, 6) is 0.594. The Morgan fingerprint density at radius 2 is 2.60 bits per heavy atom. The van der Waals surface area contributed by atoms with E-state index in [0.717, 1.165) is 30.8 Å². The van der Waals surface area contributed by atoms with Gasteiger partial charge in [0.1, 0.15) is 0 Å². The number of halogens is 1. The second-order valence-corrected chi connectivity index (χ2v) is 6.99. The van der Waals surface area contributed by atoms with Crippen LogP contribution in [-0.4, -0.2) is 27.5 Å². The zero-order valence-electron chi connectivity index (χ0n) is 8.24. The molecule has 0 radical (unpaired) electrons. The van der Waals surface area contributed by atoms with E-state index in [1.807, 2.05) is 0 Å². The van der Waals surface area contributed by atoms with Gasteiger partial charge >= 0.3 is 0 Å². The van der Waals surface area contributed by atoms with Crippen LogP contribution < -0.4 is 5.32 Å². The molecule has 84 valence electrons. The number of rotatable bonds is 3. The maximum absolute atomic E-state index is 12.0. The van der Waals surface area contributed by atoms with Crippen LogP contribution in [0, 0.1) is 0 Å². The van der Waals surface area contributed by atoms with E-state index in [2.05, 4.69) is 10.3 Å². The van der Waals surface area contributed by atoms with E-state index < -0.39 is 10.8 Å². The van der Waals surface area contributed by atoms with Gasteiger partial charge in [-0.2, -0.15) is 0 Å². The molecule has 1 fully saturated rings. The Morgan fingerprint density at radius 3 is 3.20 bits per heavy atom. The second kappa shape index (κ2) is 5.39. The van der Waals surface area contributed by atoms with Crippen LogP contribution in [0.2, 0.25) is 4.47 Å². The molecule has 0 unspecified atom stereocenters. The number of nitrogens with zero attached hydrogens (tertiary/aromatic N) is 1. The molecular formula is C9H13ClN2OS2. The molecule has 0 saturated carbocycles. The Morgan fingerprint density at radius 1 is 1.73 bits per heavy atom. The first-order valence-electron chi connectivity index (χ1n) is 4.94. The maximum Gasteiger partial charge on any atom is 0.183 e. The summed E-state index contributed by atoms with van der Waals surface area (Å²) in [5.41, 5.74) is 0. The van der Waals surface area contributed by atoms with Crippen LogP contribution in [0.5, 0.6) is 0 Å². The monoisotopic (exact) mass is 264 g/mol. The van der Waals surface area contributed by atoms with E-state index >= 15 is 0 Å². The van der Waals surface area contributed by atoms with Crippen molar-refractivity contribution >= 4 is 33.7 Å². The summed E-state index contributed by atoms with van der Waals surface area (Å²) in [4.78, 5) is 4.97. The third-order valence-corrected chi connectivity index (χ3v) is 5.47. The molecule has 1 saturated heterocycles. The van der Waals surface area contributed by atoms with Crippen molar-refractivity contribution in [3.63, 3.8) is 0 Å². The Hall–Kier alpha value is 0.0300. The van der Waals surface area contributed by atoms with E-state index in [1.165, 1.54) is 11.3 Å². The highest BCUT2D eigenvalue weighted by atomic mass is 35.5. The maximum atomic E-state index is 12.0. The third-order valence-electron chi connectivity index (χ3n) is 2.43. The normalized spacial score (nSPS) is 23.9. The Kier molecular flexibility index (Phi) is 4.13. The van der Waals surface area contributed by atoms with Crippen molar-refractivity contribution in [2.45, 2.75) is 23.8 Å². The average molecular weight is 265 g/mol. The number of piperidine rings is 1. The van der Waals surface area contributed by atoms with Gasteiger partial charge in [-0.1, -0.05) is 11.6 Å². The first kappa shape index (κ1) is 11.5. The lowest BCUT2D eigenvalue weighted by atomic mass is 10.2. The molecule has 0 amide bonds. The van der Waals surface area contributed by atoms with Gasteiger partial charge in [0.15, 0.2) is 4.47 Å². The molecule has 3 nitrogen and oxygen atoms in total. The summed E-state index contributed by atoms with van der Waals surface area (Å²) >= 11 is 7.15. The summed E-state index contributed by atoms with van der Waals surface area (Å²) in [5, 5.41) is 3.57. The second-order valence-electron chi connectivity index (χ2n) is 3.57. The van der Waals surface area contributed by atoms with Gasteiger partial charge < -0.3 is 5.32 Å². The van der Waals surface area contributed by atoms with Crippen LogP contribution in [0.1, 0.15) is 17.7 Å². The van der Waals surface area contributed by atoms with Gasteiger partial charge in [-0.3, -0.25) is 4.21 Å².